The van der Waals surface area contributed by atoms with Gasteiger partial charge in [0.15, 0.2) is 0 Å². The van der Waals surface area contributed by atoms with Crippen molar-refractivity contribution in [3.8, 4) is 17.0 Å². The Labute approximate surface area is 160 Å². The number of phenolic OH excluding ortho intramolecular Hbond substituents is 1. The number of carbonyl (C=O) groups excluding carboxylic acids is 1. The lowest BCUT2D eigenvalue weighted by Gasteiger charge is -2.35. The molecule has 4 rings (SSSR count). The maximum atomic E-state index is 14.2. The molecular weight excluding hydrogens is 361 g/mol. The summed E-state index contributed by atoms with van der Waals surface area (Å²) >= 11 is 0. The number of aromatic nitrogens is 3. The zero-order valence-electron chi connectivity index (χ0n) is 15.0. The molecule has 7 nitrogen and oxygen atoms in total. The van der Waals surface area contributed by atoms with Gasteiger partial charge >= 0.3 is 0 Å². The van der Waals surface area contributed by atoms with Crippen LogP contribution in [-0.2, 0) is 4.79 Å². The number of nitrogens with zero attached hydrogens (tertiary/aromatic N) is 5. The normalized spacial score (nSPS) is 14.3. The van der Waals surface area contributed by atoms with E-state index in [0.29, 0.717) is 43.2 Å². The number of pyridine rings is 1. The van der Waals surface area contributed by atoms with Crippen molar-refractivity contribution in [2.45, 2.75) is 0 Å². The monoisotopic (exact) mass is 379 g/mol. The molecule has 0 aliphatic carbocycles. The Balaban J connectivity index is 1.67. The molecule has 1 saturated heterocycles. The largest absolute Gasteiger partial charge is 0.507 e. The van der Waals surface area contributed by atoms with Crippen LogP contribution in [0.3, 0.4) is 0 Å². The molecule has 2 aromatic heterocycles. The van der Waals surface area contributed by atoms with Gasteiger partial charge in [-0.3, -0.25) is 9.78 Å². The van der Waals surface area contributed by atoms with E-state index in [9.17, 15) is 14.3 Å². The second-order valence-corrected chi connectivity index (χ2v) is 6.43. The molecule has 1 aliphatic rings. The first-order chi connectivity index (χ1) is 13.6. The van der Waals surface area contributed by atoms with Gasteiger partial charge < -0.3 is 14.9 Å². The number of hydrogen-bond donors (Lipinski definition) is 1. The maximum absolute atomic E-state index is 14.2. The summed E-state index contributed by atoms with van der Waals surface area (Å²) in [7, 11) is 0. The van der Waals surface area contributed by atoms with Crippen molar-refractivity contribution in [2.24, 2.45) is 0 Å². The van der Waals surface area contributed by atoms with Gasteiger partial charge in [0, 0.05) is 32.4 Å². The fraction of sp³-hybridized carbons (Fsp3) is 0.200. The molecule has 3 heterocycles. The highest BCUT2D eigenvalue weighted by atomic mass is 19.1. The molecule has 0 unspecified atom stereocenters. The molecular formula is C20H18FN5O2. The van der Waals surface area contributed by atoms with E-state index in [4.69, 9.17) is 0 Å². The van der Waals surface area contributed by atoms with Crippen LogP contribution in [0.1, 0.15) is 0 Å². The molecule has 1 aromatic carbocycles. The number of rotatable bonds is 3. The number of aromatic hydroxyl groups is 1. The third-order valence-electron chi connectivity index (χ3n) is 4.81. The number of amides is 1. The summed E-state index contributed by atoms with van der Waals surface area (Å²) < 4.78 is 14.2. The first-order valence-corrected chi connectivity index (χ1v) is 8.83. The highest BCUT2D eigenvalue weighted by Gasteiger charge is 2.22. The highest BCUT2D eigenvalue weighted by Crippen LogP contribution is 2.32. The Bertz CT molecular complexity index is 1040. The predicted octanol–water partition coefficient (Wildman–Crippen LogP) is 2.37. The van der Waals surface area contributed by atoms with Crippen molar-refractivity contribution in [3.63, 3.8) is 0 Å². The molecule has 1 N–H and O–H groups in total. The fourth-order valence-corrected chi connectivity index (χ4v) is 3.36. The quantitative estimate of drug-likeness (QED) is 0.704. The average Bonchev–Trinajstić information content (AvgIpc) is 2.72. The summed E-state index contributed by atoms with van der Waals surface area (Å²) in [4.78, 5) is 28.6. The summed E-state index contributed by atoms with van der Waals surface area (Å²) in [5.41, 5.74) is 0.942. The van der Waals surface area contributed by atoms with E-state index in [1.54, 1.807) is 17.2 Å². The predicted molar refractivity (Wildman–Crippen MR) is 103 cm³/mol. The van der Waals surface area contributed by atoms with Gasteiger partial charge in [-0.2, -0.15) is 0 Å². The van der Waals surface area contributed by atoms with Crippen molar-refractivity contribution in [1.82, 2.24) is 19.9 Å². The van der Waals surface area contributed by atoms with E-state index >= 15 is 0 Å². The maximum Gasteiger partial charge on any atom is 0.246 e. The third kappa shape index (κ3) is 3.13. The number of piperazine rings is 1. The van der Waals surface area contributed by atoms with Gasteiger partial charge in [-0.05, 0) is 24.3 Å². The van der Waals surface area contributed by atoms with E-state index in [2.05, 4.69) is 26.4 Å². The van der Waals surface area contributed by atoms with Crippen LogP contribution in [0.15, 0.2) is 49.4 Å². The number of fused-ring (bicyclic) bond motifs is 1. The van der Waals surface area contributed by atoms with Crippen molar-refractivity contribution in [3.05, 3.63) is 55.3 Å². The summed E-state index contributed by atoms with van der Waals surface area (Å²) in [5.74, 6) is -0.0935. The molecule has 0 saturated carbocycles. The Morgan fingerprint density at radius 2 is 1.96 bits per heavy atom. The van der Waals surface area contributed by atoms with Crippen molar-refractivity contribution < 1.29 is 14.3 Å². The fourth-order valence-electron chi connectivity index (χ4n) is 3.36. The minimum atomic E-state index is -0.552. The topological polar surface area (TPSA) is 82.5 Å². The lowest BCUT2D eigenvalue weighted by molar-refractivity contribution is -0.126. The van der Waals surface area contributed by atoms with Gasteiger partial charge in [0.2, 0.25) is 5.91 Å². The van der Waals surface area contributed by atoms with E-state index in [-0.39, 0.29) is 17.2 Å². The summed E-state index contributed by atoms with van der Waals surface area (Å²) in [5, 5.41) is 10.7. The molecule has 28 heavy (non-hydrogen) atoms. The Morgan fingerprint density at radius 1 is 1.18 bits per heavy atom. The number of benzene rings is 1. The van der Waals surface area contributed by atoms with Crippen molar-refractivity contribution in [2.75, 3.05) is 31.1 Å². The average molecular weight is 379 g/mol. The van der Waals surface area contributed by atoms with Gasteiger partial charge in [0.1, 0.15) is 23.7 Å². The second-order valence-electron chi connectivity index (χ2n) is 6.43. The van der Waals surface area contributed by atoms with E-state index in [0.717, 1.165) is 5.39 Å². The van der Waals surface area contributed by atoms with Crippen LogP contribution >= 0.6 is 0 Å². The summed E-state index contributed by atoms with van der Waals surface area (Å²) in [6.07, 6.45) is 4.36. The zero-order valence-corrected chi connectivity index (χ0v) is 15.0. The van der Waals surface area contributed by atoms with Crippen LogP contribution in [0.4, 0.5) is 10.2 Å². The van der Waals surface area contributed by atoms with Crippen molar-refractivity contribution in [1.29, 1.82) is 0 Å². The van der Waals surface area contributed by atoms with E-state index < -0.39 is 5.82 Å². The molecule has 0 spiro atoms. The number of phenols is 1. The van der Waals surface area contributed by atoms with Crippen LogP contribution in [0.5, 0.6) is 5.75 Å². The SMILES string of the molecule is C=CC(=O)N1CCN(c2ncnc3cc(-c4c(O)cccc4F)ncc23)CC1. The summed E-state index contributed by atoms with van der Waals surface area (Å²) in [6, 6.07) is 5.76. The molecule has 1 aliphatic heterocycles. The van der Waals surface area contributed by atoms with Crippen LogP contribution < -0.4 is 4.90 Å². The van der Waals surface area contributed by atoms with Gasteiger partial charge in [0.25, 0.3) is 0 Å². The first kappa shape index (κ1) is 17.8. The number of carbonyl (C=O) groups is 1. The van der Waals surface area contributed by atoms with Crippen LogP contribution in [-0.4, -0.2) is 57.0 Å². The van der Waals surface area contributed by atoms with Crippen LogP contribution in [0.2, 0.25) is 0 Å². The number of hydrogen-bond acceptors (Lipinski definition) is 6. The second kappa shape index (κ2) is 7.22. The number of halogens is 1. The summed E-state index contributed by atoms with van der Waals surface area (Å²) in [6.45, 7) is 5.92. The van der Waals surface area contributed by atoms with Gasteiger partial charge in [-0.1, -0.05) is 12.6 Å². The molecule has 142 valence electrons. The first-order valence-electron chi connectivity index (χ1n) is 8.83. The smallest absolute Gasteiger partial charge is 0.246 e. The molecule has 0 atom stereocenters. The van der Waals surface area contributed by atoms with Crippen molar-refractivity contribution >= 4 is 22.6 Å². The van der Waals surface area contributed by atoms with E-state index in [1.165, 1.54) is 30.6 Å². The molecule has 8 heteroatoms. The Hall–Kier alpha value is -3.55. The Morgan fingerprint density at radius 3 is 2.68 bits per heavy atom. The minimum Gasteiger partial charge on any atom is -0.507 e. The van der Waals surface area contributed by atoms with Gasteiger partial charge in [0.05, 0.1) is 22.2 Å². The van der Waals surface area contributed by atoms with Crippen LogP contribution in [0.25, 0.3) is 22.2 Å². The van der Waals surface area contributed by atoms with Gasteiger partial charge in [-0.25, -0.2) is 14.4 Å². The highest BCUT2D eigenvalue weighted by molar-refractivity contribution is 5.91. The molecule has 1 amide bonds. The number of anilines is 1. The molecule has 1 fully saturated rings. The molecule has 0 bridgehead atoms. The minimum absolute atomic E-state index is 0.0427. The Kier molecular flexibility index (Phi) is 4.60. The van der Waals surface area contributed by atoms with Gasteiger partial charge in [-0.15, -0.1) is 0 Å². The lowest BCUT2D eigenvalue weighted by Crippen LogP contribution is -2.48. The lowest BCUT2D eigenvalue weighted by atomic mass is 10.1. The molecule has 0 radical (unpaired) electrons. The standard InChI is InChI=1S/C20H18FN5O2/c1-2-18(28)25-6-8-26(9-7-25)20-13-11-22-16(10-15(13)23-12-24-20)19-14(21)4-3-5-17(19)27/h2-5,10-12,27H,1,6-9H2. The molecule has 3 aromatic rings. The van der Waals surface area contributed by atoms with E-state index in [1.807, 2.05) is 0 Å². The zero-order chi connectivity index (χ0) is 19.7. The van der Waals surface area contributed by atoms with Crippen LogP contribution in [0, 0.1) is 5.82 Å². The third-order valence-corrected chi connectivity index (χ3v) is 4.81.